The summed E-state index contributed by atoms with van der Waals surface area (Å²) >= 11 is 0. The van der Waals surface area contributed by atoms with Gasteiger partial charge in [-0.25, -0.2) is 4.79 Å². The van der Waals surface area contributed by atoms with E-state index >= 15 is 0 Å². The molecule has 0 aromatic heterocycles. The van der Waals surface area contributed by atoms with Crippen molar-refractivity contribution in [2.24, 2.45) is 11.8 Å². The van der Waals surface area contributed by atoms with Gasteiger partial charge in [-0.2, -0.15) is 0 Å². The molecule has 2 amide bonds. The van der Waals surface area contributed by atoms with Gasteiger partial charge in [0.15, 0.2) is 0 Å². The Hall–Kier alpha value is -1.26. The first-order valence-electron chi connectivity index (χ1n) is 6.92. The van der Waals surface area contributed by atoms with Crippen LogP contribution < -0.4 is 5.32 Å². The molecular formula is C14H26N2O3. The third-order valence-electron chi connectivity index (χ3n) is 3.00. The highest BCUT2D eigenvalue weighted by molar-refractivity contribution is 5.82. The largest absolute Gasteiger partial charge is 0.444 e. The number of amides is 2. The summed E-state index contributed by atoms with van der Waals surface area (Å²) < 4.78 is 5.10. The van der Waals surface area contributed by atoms with Crippen LogP contribution in [-0.4, -0.2) is 42.1 Å². The average molecular weight is 270 g/mol. The molecule has 0 radical (unpaired) electrons. The number of hydrogen-bond donors (Lipinski definition) is 1. The molecule has 1 aliphatic heterocycles. The Morgan fingerprint density at radius 2 is 1.74 bits per heavy atom. The van der Waals surface area contributed by atoms with Crippen LogP contribution in [0, 0.1) is 11.8 Å². The van der Waals surface area contributed by atoms with Crippen molar-refractivity contribution in [3.8, 4) is 0 Å². The summed E-state index contributed by atoms with van der Waals surface area (Å²) in [5.41, 5.74) is -0.540. The van der Waals surface area contributed by atoms with Gasteiger partial charge in [0, 0.05) is 13.1 Å². The first-order chi connectivity index (χ1) is 8.67. The van der Waals surface area contributed by atoms with Crippen LogP contribution in [0.3, 0.4) is 0 Å². The van der Waals surface area contributed by atoms with E-state index in [1.807, 2.05) is 4.90 Å². The third-order valence-corrected chi connectivity index (χ3v) is 3.00. The van der Waals surface area contributed by atoms with E-state index in [1.165, 1.54) is 0 Å². The lowest BCUT2D eigenvalue weighted by atomic mass is 9.92. The summed E-state index contributed by atoms with van der Waals surface area (Å²) in [5.74, 6) is 1.01. The van der Waals surface area contributed by atoms with E-state index in [4.69, 9.17) is 4.74 Å². The Morgan fingerprint density at radius 3 is 2.21 bits per heavy atom. The summed E-state index contributed by atoms with van der Waals surface area (Å²) in [6.45, 7) is 11.2. The second-order valence-corrected chi connectivity index (χ2v) is 6.60. The minimum absolute atomic E-state index is 0.00829. The lowest BCUT2D eigenvalue weighted by molar-refractivity contribution is -0.132. The van der Waals surface area contributed by atoms with E-state index in [0.717, 1.165) is 19.5 Å². The van der Waals surface area contributed by atoms with Gasteiger partial charge in [0.05, 0.1) is 0 Å². The summed E-state index contributed by atoms with van der Waals surface area (Å²) in [6, 6.07) is 0. The van der Waals surface area contributed by atoms with Crippen molar-refractivity contribution in [2.75, 3.05) is 19.6 Å². The predicted octanol–water partition coefficient (Wildman–Crippen LogP) is 2.02. The number of alkyl carbamates (subject to hydrolysis) is 1. The van der Waals surface area contributed by atoms with Crippen LogP contribution in [0.1, 0.15) is 41.0 Å². The second kappa shape index (κ2) is 6.26. The maximum Gasteiger partial charge on any atom is 0.408 e. The molecule has 1 heterocycles. The fraction of sp³-hybridized carbons (Fsp3) is 0.857. The highest BCUT2D eigenvalue weighted by Gasteiger charge is 2.25. The lowest BCUT2D eigenvalue weighted by Crippen LogP contribution is -2.47. The van der Waals surface area contributed by atoms with Crippen molar-refractivity contribution in [2.45, 2.75) is 46.6 Å². The number of rotatable bonds is 2. The van der Waals surface area contributed by atoms with Gasteiger partial charge >= 0.3 is 6.09 Å². The maximum absolute atomic E-state index is 12.0. The highest BCUT2D eigenvalue weighted by Crippen LogP contribution is 2.20. The number of piperidine rings is 1. The maximum atomic E-state index is 12.0. The zero-order valence-corrected chi connectivity index (χ0v) is 12.7. The normalized spacial score (nSPS) is 23.9. The summed E-state index contributed by atoms with van der Waals surface area (Å²) in [7, 11) is 0. The molecule has 2 atom stereocenters. The van der Waals surface area contributed by atoms with Crippen LogP contribution in [0.25, 0.3) is 0 Å². The molecule has 2 unspecified atom stereocenters. The number of nitrogens with one attached hydrogen (secondary N) is 1. The van der Waals surface area contributed by atoms with Gasteiger partial charge < -0.3 is 15.0 Å². The molecule has 110 valence electrons. The molecule has 0 aliphatic carbocycles. The SMILES string of the molecule is CC1CC(C)CN(C(=O)CNC(=O)OC(C)(C)C)C1. The summed E-state index contributed by atoms with van der Waals surface area (Å²) in [4.78, 5) is 25.3. The first kappa shape index (κ1) is 15.8. The van der Waals surface area contributed by atoms with Crippen LogP contribution in [0.2, 0.25) is 0 Å². The topological polar surface area (TPSA) is 58.6 Å². The van der Waals surface area contributed by atoms with E-state index in [-0.39, 0.29) is 12.5 Å². The van der Waals surface area contributed by atoms with Crippen molar-refractivity contribution in [3.05, 3.63) is 0 Å². The molecule has 0 aromatic rings. The van der Waals surface area contributed by atoms with Gasteiger partial charge in [-0.05, 0) is 39.0 Å². The molecule has 0 bridgehead atoms. The second-order valence-electron chi connectivity index (χ2n) is 6.60. The minimum atomic E-state index is -0.543. The molecule has 0 aromatic carbocycles. The molecule has 0 spiro atoms. The van der Waals surface area contributed by atoms with Gasteiger partial charge in [-0.1, -0.05) is 13.8 Å². The lowest BCUT2D eigenvalue weighted by Gasteiger charge is -2.35. The van der Waals surface area contributed by atoms with Gasteiger partial charge in [-0.15, -0.1) is 0 Å². The number of nitrogens with zero attached hydrogens (tertiary/aromatic N) is 1. The molecule has 1 saturated heterocycles. The smallest absolute Gasteiger partial charge is 0.408 e. The molecule has 1 rings (SSSR count). The Morgan fingerprint density at radius 1 is 1.21 bits per heavy atom. The van der Waals surface area contributed by atoms with Crippen LogP contribution in [0.4, 0.5) is 4.79 Å². The van der Waals surface area contributed by atoms with Crippen molar-refractivity contribution in [1.29, 1.82) is 0 Å². The molecule has 1 aliphatic rings. The van der Waals surface area contributed by atoms with Gasteiger partial charge in [0.1, 0.15) is 12.1 Å². The van der Waals surface area contributed by atoms with Crippen molar-refractivity contribution in [1.82, 2.24) is 10.2 Å². The van der Waals surface area contributed by atoms with Crippen molar-refractivity contribution in [3.63, 3.8) is 0 Å². The molecule has 19 heavy (non-hydrogen) atoms. The van der Waals surface area contributed by atoms with Gasteiger partial charge in [0.25, 0.3) is 0 Å². The quantitative estimate of drug-likeness (QED) is 0.835. The Kier molecular flexibility index (Phi) is 5.20. The fourth-order valence-corrected chi connectivity index (χ4v) is 2.44. The average Bonchev–Trinajstić information content (AvgIpc) is 2.22. The van der Waals surface area contributed by atoms with Crippen molar-refractivity contribution < 1.29 is 14.3 Å². The fourth-order valence-electron chi connectivity index (χ4n) is 2.44. The predicted molar refractivity (Wildman–Crippen MR) is 73.8 cm³/mol. The molecular weight excluding hydrogens is 244 g/mol. The molecule has 0 saturated carbocycles. The van der Waals surface area contributed by atoms with Crippen LogP contribution in [0.5, 0.6) is 0 Å². The third kappa shape index (κ3) is 5.94. The molecule has 1 N–H and O–H groups in total. The number of carbonyl (C=O) groups is 2. The van der Waals surface area contributed by atoms with E-state index in [0.29, 0.717) is 11.8 Å². The Bertz CT molecular complexity index is 326. The number of carbonyl (C=O) groups excluding carboxylic acids is 2. The Labute approximate surface area is 115 Å². The number of likely N-dealkylation sites (tertiary alicyclic amines) is 1. The standard InChI is InChI=1S/C14H26N2O3/c1-10-6-11(2)9-16(8-10)12(17)7-15-13(18)19-14(3,4)5/h10-11H,6-9H2,1-5H3,(H,15,18). The molecule has 5 nitrogen and oxygen atoms in total. The zero-order chi connectivity index (χ0) is 14.6. The Balaban J connectivity index is 2.37. The van der Waals surface area contributed by atoms with E-state index in [9.17, 15) is 9.59 Å². The monoisotopic (exact) mass is 270 g/mol. The molecule has 5 heteroatoms. The van der Waals surface area contributed by atoms with E-state index in [1.54, 1.807) is 20.8 Å². The number of ether oxygens (including phenoxy) is 1. The van der Waals surface area contributed by atoms with Crippen LogP contribution in [0.15, 0.2) is 0 Å². The zero-order valence-electron chi connectivity index (χ0n) is 12.7. The number of hydrogen-bond acceptors (Lipinski definition) is 3. The van der Waals surface area contributed by atoms with Crippen LogP contribution in [-0.2, 0) is 9.53 Å². The van der Waals surface area contributed by atoms with Crippen molar-refractivity contribution >= 4 is 12.0 Å². The summed E-state index contributed by atoms with van der Waals surface area (Å²) in [5, 5.41) is 2.51. The van der Waals surface area contributed by atoms with Gasteiger partial charge in [-0.3, -0.25) is 4.79 Å². The summed E-state index contributed by atoms with van der Waals surface area (Å²) in [6.07, 6.45) is 0.613. The van der Waals surface area contributed by atoms with E-state index in [2.05, 4.69) is 19.2 Å². The molecule has 1 fully saturated rings. The van der Waals surface area contributed by atoms with Gasteiger partial charge in [0.2, 0.25) is 5.91 Å². The highest BCUT2D eigenvalue weighted by atomic mass is 16.6. The minimum Gasteiger partial charge on any atom is -0.444 e. The first-order valence-corrected chi connectivity index (χ1v) is 6.92. The van der Waals surface area contributed by atoms with Crippen LogP contribution >= 0.6 is 0 Å². The van der Waals surface area contributed by atoms with E-state index < -0.39 is 11.7 Å².